The summed E-state index contributed by atoms with van der Waals surface area (Å²) in [6.45, 7) is 2.07. The molecule has 4 aromatic rings. The molecule has 6 nitrogen and oxygen atoms in total. The fourth-order valence-electron chi connectivity index (χ4n) is 5.17. The number of rotatable bonds is 13. The summed E-state index contributed by atoms with van der Waals surface area (Å²) in [5.41, 5.74) is 4.34. The molecule has 2 saturated heterocycles. The van der Waals surface area contributed by atoms with E-state index in [0.717, 1.165) is 22.3 Å². The average Bonchev–Trinajstić information content (AvgIpc) is 3.81. The van der Waals surface area contributed by atoms with Crippen molar-refractivity contribution < 1.29 is 28.4 Å². The first kappa shape index (κ1) is 27.8. The number of benzene rings is 4. The van der Waals surface area contributed by atoms with Gasteiger partial charge in [0.05, 0.1) is 33.0 Å². The molecule has 2 aliphatic rings. The van der Waals surface area contributed by atoms with E-state index in [0.29, 0.717) is 33.0 Å². The largest absolute Gasteiger partial charge is 0.374 e. The molecule has 0 radical (unpaired) electrons. The Labute approximate surface area is 241 Å². The van der Waals surface area contributed by atoms with E-state index in [1.165, 1.54) is 0 Å². The first-order valence-corrected chi connectivity index (χ1v) is 14.2. The molecule has 41 heavy (non-hydrogen) atoms. The van der Waals surface area contributed by atoms with E-state index < -0.39 is 24.6 Å². The van der Waals surface area contributed by atoms with Gasteiger partial charge >= 0.3 is 0 Å². The van der Waals surface area contributed by atoms with Crippen LogP contribution in [0.4, 0.5) is 0 Å². The Bertz CT molecular complexity index is 1300. The average molecular weight is 553 g/mol. The molecule has 212 valence electrons. The molecule has 6 rings (SSSR count). The molecule has 2 aliphatic heterocycles. The van der Waals surface area contributed by atoms with Crippen molar-refractivity contribution in [1.82, 2.24) is 0 Å². The van der Waals surface area contributed by atoms with Crippen LogP contribution in [0.1, 0.15) is 22.3 Å². The third kappa shape index (κ3) is 7.68. The van der Waals surface area contributed by atoms with Crippen molar-refractivity contribution in [1.29, 1.82) is 0 Å². The second-order valence-electron chi connectivity index (χ2n) is 10.4. The number of fused-ring (bicyclic) bond motifs is 1. The van der Waals surface area contributed by atoms with E-state index in [2.05, 4.69) is 48.5 Å². The topological polar surface area (TPSA) is 58.7 Å². The number of ether oxygens (including phenoxy) is 6. The first-order valence-electron chi connectivity index (χ1n) is 14.2. The van der Waals surface area contributed by atoms with Crippen LogP contribution in [0.2, 0.25) is 0 Å². The molecular formula is C35H36O6. The molecule has 2 heterocycles. The quantitative estimate of drug-likeness (QED) is 0.187. The van der Waals surface area contributed by atoms with Gasteiger partial charge in [-0.3, -0.25) is 0 Å². The fourth-order valence-corrected chi connectivity index (χ4v) is 5.17. The zero-order chi connectivity index (χ0) is 27.7. The Morgan fingerprint density at radius 1 is 0.439 bits per heavy atom. The SMILES string of the molecule is c1ccc(COC[C@H]2O[C@H]3O[C@@H]3[C@H](OCc3ccccc3)[C@@H](OCc3ccccc3)[C@H]2OCc2ccccc2)cc1. The normalized spacial score (nSPS) is 25.3. The third-order valence-electron chi connectivity index (χ3n) is 7.38. The van der Waals surface area contributed by atoms with Crippen LogP contribution in [0.3, 0.4) is 0 Å². The zero-order valence-electron chi connectivity index (χ0n) is 23.0. The lowest BCUT2D eigenvalue weighted by Crippen LogP contribution is -2.50. The van der Waals surface area contributed by atoms with Gasteiger partial charge in [0, 0.05) is 0 Å². The molecule has 0 N–H and O–H groups in total. The molecule has 0 bridgehead atoms. The summed E-state index contributed by atoms with van der Waals surface area (Å²) >= 11 is 0. The molecule has 6 heteroatoms. The zero-order valence-corrected chi connectivity index (χ0v) is 23.0. The van der Waals surface area contributed by atoms with E-state index in [9.17, 15) is 0 Å². The summed E-state index contributed by atoms with van der Waals surface area (Å²) in [4.78, 5) is 0. The maximum Gasteiger partial charge on any atom is 0.187 e. The van der Waals surface area contributed by atoms with Gasteiger partial charge in [-0.1, -0.05) is 121 Å². The van der Waals surface area contributed by atoms with E-state index in [4.69, 9.17) is 28.4 Å². The minimum atomic E-state index is -0.453. The summed E-state index contributed by atoms with van der Waals surface area (Å²) in [5.74, 6) is 0. The molecule has 0 amide bonds. The second-order valence-corrected chi connectivity index (χ2v) is 10.4. The van der Waals surface area contributed by atoms with Crippen LogP contribution in [0.5, 0.6) is 0 Å². The van der Waals surface area contributed by atoms with Gasteiger partial charge in [-0.25, -0.2) is 0 Å². The van der Waals surface area contributed by atoms with Gasteiger partial charge in [0.15, 0.2) is 6.29 Å². The minimum Gasteiger partial charge on any atom is -0.374 e. The molecule has 6 atom stereocenters. The molecule has 2 fully saturated rings. The van der Waals surface area contributed by atoms with Gasteiger partial charge in [-0.05, 0) is 22.3 Å². The van der Waals surface area contributed by atoms with Crippen molar-refractivity contribution >= 4 is 0 Å². The Hall–Kier alpha value is -3.36. The van der Waals surface area contributed by atoms with Crippen LogP contribution in [0.15, 0.2) is 121 Å². The summed E-state index contributed by atoms with van der Waals surface area (Å²) in [7, 11) is 0. The minimum absolute atomic E-state index is 0.249. The summed E-state index contributed by atoms with van der Waals surface area (Å²) in [5, 5.41) is 0. The molecule has 4 aromatic carbocycles. The van der Waals surface area contributed by atoms with Crippen molar-refractivity contribution in [2.75, 3.05) is 6.61 Å². The Kier molecular flexibility index (Phi) is 9.50. The lowest BCUT2D eigenvalue weighted by atomic mass is 10.0. The van der Waals surface area contributed by atoms with Crippen LogP contribution < -0.4 is 0 Å². The van der Waals surface area contributed by atoms with Crippen LogP contribution in [-0.4, -0.2) is 43.4 Å². The monoisotopic (exact) mass is 552 g/mol. The lowest BCUT2D eigenvalue weighted by Gasteiger charge is -2.35. The van der Waals surface area contributed by atoms with Gasteiger partial charge < -0.3 is 28.4 Å². The van der Waals surface area contributed by atoms with Crippen molar-refractivity contribution in [3.63, 3.8) is 0 Å². The Morgan fingerprint density at radius 3 is 1.34 bits per heavy atom. The number of hydrogen-bond acceptors (Lipinski definition) is 6. The van der Waals surface area contributed by atoms with E-state index in [1.54, 1.807) is 0 Å². The van der Waals surface area contributed by atoms with E-state index in [1.807, 2.05) is 72.8 Å². The molecule has 0 saturated carbocycles. The highest BCUT2D eigenvalue weighted by molar-refractivity contribution is 5.16. The molecule has 0 unspecified atom stereocenters. The summed E-state index contributed by atoms with van der Waals surface area (Å²) < 4.78 is 38.5. The van der Waals surface area contributed by atoms with Crippen LogP contribution in [0.25, 0.3) is 0 Å². The van der Waals surface area contributed by atoms with Gasteiger partial charge in [0.2, 0.25) is 0 Å². The van der Waals surface area contributed by atoms with Gasteiger partial charge in [0.25, 0.3) is 0 Å². The maximum absolute atomic E-state index is 6.68. The first-order chi connectivity index (χ1) is 20.3. The standard InChI is InChI=1S/C35H36O6/c1-5-13-26(14-6-1)21-36-25-30-31(37-22-27-15-7-2-8-16-27)32(38-23-28-17-9-3-10-18-28)33(34-35(40-30)41-34)39-24-29-19-11-4-12-20-29/h1-20,30-35H,21-25H2/t30-,31+,32+,33-,34-,35+/m1/s1. The summed E-state index contributed by atoms with van der Waals surface area (Å²) in [6.07, 6.45) is -2.35. The van der Waals surface area contributed by atoms with Gasteiger partial charge in [0.1, 0.15) is 30.5 Å². The van der Waals surface area contributed by atoms with Crippen molar-refractivity contribution in [3.05, 3.63) is 144 Å². The molecule has 0 aliphatic carbocycles. The van der Waals surface area contributed by atoms with Crippen molar-refractivity contribution in [2.45, 2.75) is 63.2 Å². The van der Waals surface area contributed by atoms with Crippen LogP contribution in [0, 0.1) is 0 Å². The van der Waals surface area contributed by atoms with Crippen LogP contribution in [-0.2, 0) is 54.8 Å². The highest BCUT2D eigenvalue weighted by Gasteiger charge is 2.58. The lowest BCUT2D eigenvalue weighted by molar-refractivity contribution is -0.200. The predicted molar refractivity (Wildman–Crippen MR) is 155 cm³/mol. The number of hydrogen-bond donors (Lipinski definition) is 0. The Morgan fingerprint density at radius 2 is 0.854 bits per heavy atom. The molecule has 0 aromatic heterocycles. The van der Waals surface area contributed by atoms with Gasteiger partial charge in [-0.15, -0.1) is 0 Å². The smallest absolute Gasteiger partial charge is 0.187 e. The van der Waals surface area contributed by atoms with Crippen LogP contribution >= 0.6 is 0 Å². The van der Waals surface area contributed by atoms with Crippen molar-refractivity contribution in [2.24, 2.45) is 0 Å². The predicted octanol–water partition coefficient (Wildman–Crippen LogP) is 6.08. The summed E-state index contributed by atoms with van der Waals surface area (Å²) in [6, 6.07) is 40.6. The second kappa shape index (κ2) is 14.0. The fraction of sp³-hybridized carbons (Fsp3) is 0.314. The van der Waals surface area contributed by atoms with E-state index >= 15 is 0 Å². The highest BCUT2D eigenvalue weighted by Crippen LogP contribution is 2.39. The highest BCUT2D eigenvalue weighted by atomic mass is 16.8. The van der Waals surface area contributed by atoms with E-state index in [-0.39, 0.29) is 12.2 Å². The van der Waals surface area contributed by atoms with Gasteiger partial charge in [-0.2, -0.15) is 0 Å². The Balaban J connectivity index is 1.25. The molecular weight excluding hydrogens is 516 g/mol. The molecule has 0 spiro atoms. The maximum atomic E-state index is 6.68. The third-order valence-corrected chi connectivity index (χ3v) is 7.38. The number of epoxide rings is 1. The van der Waals surface area contributed by atoms with Crippen molar-refractivity contribution in [3.8, 4) is 0 Å².